The molecule has 0 saturated carbocycles. The first-order chi connectivity index (χ1) is 10.2. The smallest absolute Gasteiger partial charge is 0.331 e. The summed E-state index contributed by atoms with van der Waals surface area (Å²) in [6.07, 6.45) is 0. The summed E-state index contributed by atoms with van der Waals surface area (Å²) in [4.78, 5) is 40.0. The summed E-state index contributed by atoms with van der Waals surface area (Å²) in [5.74, 6) is 0.365. The van der Waals surface area contributed by atoms with Crippen LogP contribution in [-0.2, 0) is 30.6 Å². The molecule has 0 N–H and O–H groups in total. The molecule has 0 amide bonds. The van der Waals surface area contributed by atoms with Crippen LogP contribution in [0, 0.1) is 0 Å². The third kappa shape index (κ3) is 3.44. The van der Waals surface area contributed by atoms with Crippen molar-refractivity contribution < 1.29 is 24.0 Å². The maximum atomic E-state index is 11.9. The van der Waals surface area contributed by atoms with Gasteiger partial charge in [0.2, 0.25) is 0 Å². The molecule has 0 aromatic heterocycles. The topological polar surface area (TPSA) is 72.9 Å². The lowest BCUT2D eigenvalue weighted by Gasteiger charge is -2.21. The van der Waals surface area contributed by atoms with E-state index in [-0.39, 0.29) is 25.3 Å². The molecule has 1 heterocycles. The SMILES string of the molecule is CCOC(=O)[C@@H]1C(=C=O)C(=O)CN1OCc1ccccc1. The third-order valence-electron chi connectivity index (χ3n) is 3.02. The molecule has 6 heteroatoms. The number of hydrogen-bond donors (Lipinski definition) is 0. The Morgan fingerprint density at radius 2 is 2.10 bits per heavy atom. The predicted octanol–water partition coefficient (Wildman–Crippen LogP) is 0.693. The maximum Gasteiger partial charge on any atom is 0.331 e. The van der Waals surface area contributed by atoms with Crippen LogP contribution < -0.4 is 0 Å². The average Bonchev–Trinajstić information content (AvgIpc) is 2.82. The summed E-state index contributed by atoms with van der Waals surface area (Å²) < 4.78 is 4.88. The molecule has 0 bridgehead atoms. The number of ether oxygens (including phenoxy) is 1. The van der Waals surface area contributed by atoms with Crippen LogP contribution in [0.1, 0.15) is 12.5 Å². The molecule has 0 radical (unpaired) electrons. The second-order valence-electron chi connectivity index (χ2n) is 4.43. The Balaban J connectivity index is 2.11. The minimum absolute atomic E-state index is 0.155. The Labute approximate surface area is 121 Å². The van der Waals surface area contributed by atoms with Crippen LogP contribution in [-0.4, -0.2) is 42.0 Å². The lowest BCUT2D eigenvalue weighted by atomic mass is 10.1. The molecule has 2 rings (SSSR count). The highest BCUT2D eigenvalue weighted by Gasteiger charge is 2.44. The molecule has 1 atom stereocenters. The molecule has 1 fully saturated rings. The molecule has 0 aliphatic carbocycles. The highest BCUT2D eigenvalue weighted by molar-refractivity contribution is 6.11. The van der Waals surface area contributed by atoms with Gasteiger partial charge in [0.25, 0.3) is 0 Å². The number of esters is 1. The first kappa shape index (κ1) is 15.1. The standard InChI is InChI=1S/C15H15NO5/c1-2-20-15(19)14-12(9-17)13(18)8-16(14)21-10-11-6-4-3-5-7-11/h3-7,14H,2,8,10H2,1H3/t14-/m0/s1. The van der Waals surface area contributed by atoms with Crippen molar-refractivity contribution in [3.63, 3.8) is 0 Å². The van der Waals surface area contributed by atoms with E-state index in [0.717, 1.165) is 5.56 Å². The highest BCUT2D eigenvalue weighted by atomic mass is 16.7. The molecule has 110 valence electrons. The lowest BCUT2D eigenvalue weighted by Crippen LogP contribution is -2.38. The molecular weight excluding hydrogens is 274 g/mol. The summed E-state index contributed by atoms with van der Waals surface area (Å²) in [5.41, 5.74) is 0.637. The van der Waals surface area contributed by atoms with Gasteiger partial charge in [0.15, 0.2) is 11.8 Å². The minimum atomic E-state index is -1.14. The summed E-state index contributed by atoms with van der Waals surface area (Å²) in [5, 5.41) is 1.17. The van der Waals surface area contributed by atoms with E-state index >= 15 is 0 Å². The number of rotatable bonds is 5. The molecule has 21 heavy (non-hydrogen) atoms. The van der Waals surface area contributed by atoms with Gasteiger partial charge < -0.3 is 4.74 Å². The van der Waals surface area contributed by atoms with Crippen molar-refractivity contribution in [3.8, 4) is 0 Å². The van der Waals surface area contributed by atoms with Crippen LogP contribution in [0.5, 0.6) is 0 Å². The molecule has 1 aromatic rings. The second-order valence-corrected chi connectivity index (χ2v) is 4.43. The van der Waals surface area contributed by atoms with Crippen molar-refractivity contribution in [2.45, 2.75) is 19.6 Å². The molecule has 1 aliphatic heterocycles. The Bertz CT molecular complexity index is 577. The van der Waals surface area contributed by atoms with Crippen molar-refractivity contribution in [3.05, 3.63) is 41.5 Å². The summed E-state index contributed by atoms with van der Waals surface area (Å²) in [6, 6.07) is 8.15. The largest absolute Gasteiger partial charge is 0.464 e. The van der Waals surface area contributed by atoms with Crippen molar-refractivity contribution in [1.82, 2.24) is 5.06 Å². The van der Waals surface area contributed by atoms with Crippen molar-refractivity contribution in [1.29, 1.82) is 0 Å². The molecular formula is C15H15NO5. The Morgan fingerprint density at radius 3 is 2.71 bits per heavy atom. The van der Waals surface area contributed by atoms with Gasteiger partial charge in [-0.25, -0.2) is 9.59 Å². The fraction of sp³-hybridized carbons (Fsp3) is 0.333. The number of ketones is 1. The number of benzene rings is 1. The third-order valence-corrected chi connectivity index (χ3v) is 3.02. The van der Waals surface area contributed by atoms with Crippen molar-refractivity contribution in [2.24, 2.45) is 0 Å². The van der Waals surface area contributed by atoms with Crippen molar-refractivity contribution >= 4 is 17.7 Å². The second kappa shape index (κ2) is 6.95. The molecule has 1 saturated heterocycles. The number of Topliss-reactive ketones (excluding diaryl/α,β-unsaturated/α-hetero) is 1. The Kier molecular flexibility index (Phi) is 5.00. The van der Waals surface area contributed by atoms with Gasteiger partial charge in [-0.2, -0.15) is 5.06 Å². The zero-order valence-electron chi connectivity index (χ0n) is 11.6. The van der Waals surface area contributed by atoms with E-state index in [2.05, 4.69) is 0 Å². The predicted molar refractivity (Wildman–Crippen MR) is 72.6 cm³/mol. The number of hydrogen-bond acceptors (Lipinski definition) is 6. The summed E-state index contributed by atoms with van der Waals surface area (Å²) >= 11 is 0. The van der Waals surface area contributed by atoms with Crippen LogP contribution >= 0.6 is 0 Å². The van der Waals surface area contributed by atoms with E-state index in [1.54, 1.807) is 6.92 Å². The quantitative estimate of drug-likeness (QED) is 0.451. The van der Waals surface area contributed by atoms with Crippen LogP contribution in [0.15, 0.2) is 35.9 Å². The van der Waals surface area contributed by atoms with E-state index in [1.807, 2.05) is 30.3 Å². The summed E-state index contributed by atoms with van der Waals surface area (Å²) in [7, 11) is 0. The average molecular weight is 289 g/mol. The van der Waals surface area contributed by atoms with Gasteiger partial charge in [0.1, 0.15) is 11.5 Å². The minimum Gasteiger partial charge on any atom is -0.464 e. The van der Waals surface area contributed by atoms with E-state index in [1.165, 1.54) is 11.0 Å². The number of carbonyl (C=O) groups excluding carboxylic acids is 3. The normalized spacial score (nSPS) is 18.6. The maximum absolute atomic E-state index is 11.9. The molecule has 0 spiro atoms. The van der Waals surface area contributed by atoms with Gasteiger partial charge >= 0.3 is 5.97 Å². The van der Waals surface area contributed by atoms with Gasteiger partial charge in [-0.1, -0.05) is 30.3 Å². The summed E-state index contributed by atoms with van der Waals surface area (Å²) in [6.45, 7) is 1.83. The molecule has 1 aromatic carbocycles. The first-order valence-corrected chi connectivity index (χ1v) is 6.55. The van der Waals surface area contributed by atoms with Crippen molar-refractivity contribution in [2.75, 3.05) is 13.2 Å². The van der Waals surface area contributed by atoms with E-state index in [0.29, 0.717) is 0 Å². The van der Waals surface area contributed by atoms with Gasteiger partial charge in [-0.05, 0) is 12.5 Å². The monoisotopic (exact) mass is 289 g/mol. The number of carbonyl (C=O) groups is 2. The number of nitrogens with zero attached hydrogens (tertiary/aromatic N) is 1. The van der Waals surface area contributed by atoms with Gasteiger partial charge in [-0.15, -0.1) is 0 Å². The van der Waals surface area contributed by atoms with Gasteiger partial charge in [-0.3, -0.25) is 9.63 Å². The Morgan fingerprint density at radius 1 is 1.38 bits per heavy atom. The lowest BCUT2D eigenvalue weighted by molar-refractivity contribution is -0.192. The Hall–Kier alpha value is -2.27. The van der Waals surface area contributed by atoms with Gasteiger partial charge in [0, 0.05) is 0 Å². The van der Waals surface area contributed by atoms with Crippen LogP contribution in [0.25, 0.3) is 0 Å². The van der Waals surface area contributed by atoms with E-state index in [4.69, 9.17) is 9.57 Å². The van der Waals surface area contributed by atoms with Crippen LogP contribution in [0.2, 0.25) is 0 Å². The fourth-order valence-corrected chi connectivity index (χ4v) is 2.04. The number of hydroxylamine groups is 2. The molecule has 0 unspecified atom stereocenters. The molecule has 1 aliphatic rings. The highest BCUT2D eigenvalue weighted by Crippen LogP contribution is 2.21. The van der Waals surface area contributed by atoms with Crippen LogP contribution in [0.3, 0.4) is 0 Å². The van der Waals surface area contributed by atoms with Gasteiger partial charge in [0.05, 0.1) is 19.8 Å². The zero-order chi connectivity index (χ0) is 15.2. The first-order valence-electron chi connectivity index (χ1n) is 6.55. The zero-order valence-corrected chi connectivity index (χ0v) is 11.6. The fourth-order valence-electron chi connectivity index (χ4n) is 2.04. The van der Waals surface area contributed by atoms with E-state index in [9.17, 15) is 14.4 Å². The molecule has 6 nitrogen and oxygen atoms in total. The van der Waals surface area contributed by atoms with E-state index < -0.39 is 17.8 Å². The van der Waals surface area contributed by atoms with Crippen LogP contribution in [0.4, 0.5) is 0 Å².